The maximum absolute atomic E-state index is 12.4. The van der Waals surface area contributed by atoms with Crippen LogP contribution in [0.5, 0.6) is 0 Å². The molecule has 5 N–H and O–H groups in total. The van der Waals surface area contributed by atoms with Crippen LogP contribution in [-0.4, -0.2) is 41.8 Å². The Morgan fingerprint density at radius 3 is 2.38 bits per heavy atom. The smallest absolute Gasteiger partial charge is 0.243 e. The minimum Gasteiger partial charge on any atom is -0.368 e. The standard InChI is InChI=1S/C16H28N4O4/c1-4-5-10(19-16(24)11-6-7-13(21)18-11)15(23)20-12(14(17)22)8-9(2)3/h9-12H,4-8H2,1-3H3,(H2,17,22)(H,18,21)(H,19,24)(H,20,23)/t10-,11-,12-/m0/s1. The average Bonchev–Trinajstić information content (AvgIpc) is 2.92. The highest BCUT2D eigenvalue weighted by Gasteiger charge is 2.31. The Balaban J connectivity index is 2.67. The molecule has 0 aromatic carbocycles. The summed E-state index contributed by atoms with van der Waals surface area (Å²) in [4.78, 5) is 47.3. The molecule has 8 nitrogen and oxygen atoms in total. The topological polar surface area (TPSA) is 130 Å². The van der Waals surface area contributed by atoms with E-state index in [1.165, 1.54) is 0 Å². The van der Waals surface area contributed by atoms with Crippen LogP contribution in [0.25, 0.3) is 0 Å². The molecule has 0 aromatic heterocycles. The summed E-state index contributed by atoms with van der Waals surface area (Å²) in [5.74, 6) is -1.39. The van der Waals surface area contributed by atoms with Crippen molar-refractivity contribution >= 4 is 23.6 Å². The van der Waals surface area contributed by atoms with Gasteiger partial charge in [-0.25, -0.2) is 0 Å². The lowest BCUT2D eigenvalue weighted by Gasteiger charge is -2.23. The third-order valence-electron chi connectivity index (χ3n) is 3.89. The summed E-state index contributed by atoms with van der Waals surface area (Å²) < 4.78 is 0. The normalized spacial score (nSPS) is 19.5. The lowest BCUT2D eigenvalue weighted by molar-refractivity contribution is -0.132. The summed E-state index contributed by atoms with van der Waals surface area (Å²) in [6, 6.07) is -2.12. The van der Waals surface area contributed by atoms with E-state index in [0.29, 0.717) is 32.1 Å². The van der Waals surface area contributed by atoms with Gasteiger partial charge in [-0.15, -0.1) is 0 Å². The molecule has 0 aliphatic carbocycles. The lowest BCUT2D eigenvalue weighted by atomic mass is 10.0. The minimum atomic E-state index is -0.764. The van der Waals surface area contributed by atoms with E-state index in [9.17, 15) is 19.2 Å². The van der Waals surface area contributed by atoms with Crippen LogP contribution in [0, 0.1) is 5.92 Å². The van der Waals surface area contributed by atoms with Gasteiger partial charge in [0.15, 0.2) is 0 Å². The Morgan fingerprint density at radius 2 is 1.92 bits per heavy atom. The van der Waals surface area contributed by atoms with E-state index in [1.54, 1.807) is 0 Å². The Hall–Kier alpha value is -2.12. The van der Waals surface area contributed by atoms with Crippen molar-refractivity contribution < 1.29 is 19.2 Å². The molecule has 1 fully saturated rings. The number of carbonyl (C=O) groups excluding carboxylic acids is 4. The van der Waals surface area contributed by atoms with Crippen LogP contribution >= 0.6 is 0 Å². The zero-order chi connectivity index (χ0) is 18.3. The van der Waals surface area contributed by atoms with Crippen molar-refractivity contribution in [3.8, 4) is 0 Å². The van der Waals surface area contributed by atoms with Crippen LogP contribution < -0.4 is 21.7 Å². The van der Waals surface area contributed by atoms with Crippen LogP contribution in [0.15, 0.2) is 0 Å². The number of carbonyl (C=O) groups is 4. The maximum atomic E-state index is 12.4. The molecule has 1 heterocycles. The summed E-state index contributed by atoms with van der Waals surface area (Å²) >= 11 is 0. The fraction of sp³-hybridized carbons (Fsp3) is 0.750. The van der Waals surface area contributed by atoms with Gasteiger partial charge in [0.25, 0.3) is 0 Å². The molecule has 4 amide bonds. The number of primary amides is 1. The largest absolute Gasteiger partial charge is 0.368 e. The van der Waals surface area contributed by atoms with E-state index in [0.717, 1.165) is 0 Å². The van der Waals surface area contributed by atoms with Gasteiger partial charge in [0.1, 0.15) is 18.1 Å². The van der Waals surface area contributed by atoms with Crippen LogP contribution in [0.2, 0.25) is 0 Å². The fourth-order valence-electron chi connectivity index (χ4n) is 2.63. The molecule has 1 aliphatic heterocycles. The van der Waals surface area contributed by atoms with Gasteiger partial charge in [0, 0.05) is 6.42 Å². The summed E-state index contributed by atoms with van der Waals surface area (Å²) in [6.45, 7) is 5.75. The summed E-state index contributed by atoms with van der Waals surface area (Å²) in [5, 5.41) is 7.85. The molecule has 1 aliphatic rings. The summed E-state index contributed by atoms with van der Waals surface area (Å²) in [7, 11) is 0. The molecule has 3 atom stereocenters. The first-order chi connectivity index (χ1) is 11.2. The second-order valence-corrected chi connectivity index (χ2v) is 6.60. The molecule has 1 rings (SSSR count). The van der Waals surface area contributed by atoms with Crippen molar-refractivity contribution in [1.29, 1.82) is 0 Å². The van der Waals surface area contributed by atoms with Gasteiger partial charge in [0.2, 0.25) is 23.6 Å². The molecule has 0 aromatic rings. The van der Waals surface area contributed by atoms with Crippen molar-refractivity contribution in [1.82, 2.24) is 16.0 Å². The molecular formula is C16H28N4O4. The maximum Gasteiger partial charge on any atom is 0.243 e. The second kappa shape index (κ2) is 9.24. The van der Waals surface area contributed by atoms with E-state index in [2.05, 4.69) is 16.0 Å². The second-order valence-electron chi connectivity index (χ2n) is 6.60. The third-order valence-corrected chi connectivity index (χ3v) is 3.89. The zero-order valence-electron chi connectivity index (χ0n) is 14.6. The Labute approximate surface area is 142 Å². The van der Waals surface area contributed by atoms with Crippen LogP contribution in [0.1, 0.15) is 52.9 Å². The highest BCUT2D eigenvalue weighted by Crippen LogP contribution is 2.09. The Kier molecular flexibility index (Phi) is 7.67. The molecular weight excluding hydrogens is 312 g/mol. The zero-order valence-corrected chi connectivity index (χ0v) is 14.6. The fourth-order valence-corrected chi connectivity index (χ4v) is 2.63. The first kappa shape index (κ1) is 19.9. The Bertz CT molecular complexity index is 492. The number of rotatable bonds is 9. The van der Waals surface area contributed by atoms with E-state index < -0.39 is 29.9 Å². The average molecular weight is 340 g/mol. The molecule has 0 radical (unpaired) electrons. The lowest BCUT2D eigenvalue weighted by Crippen LogP contribution is -2.55. The van der Waals surface area contributed by atoms with Crippen LogP contribution in [-0.2, 0) is 19.2 Å². The first-order valence-corrected chi connectivity index (χ1v) is 8.44. The predicted octanol–water partition coefficient (Wildman–Crippen LogP) is -0.434. The predicted molar refractivity (Wildman–Crippen MR) is 88.6 cm³/mol. The van der Waals surface area contributed by atoms with Crippen molar-refractivity contribution in [3.63, 3.8) is 0 Å². The number of amides is 4. The van der Waals surface area contributed by atoms with Gasteiger partial charge in [-0.1, -0.05) is 27.2 Å². The number of nitrogens with one attached hydrogen (secondary N) is 3. The van der Waals surface area contributed by atoms with E-state index in [1.807, 2.05) is 20.8 Å². The third kappa shape index (κ3) is 6.17. The van der Waals surface area contributed by atoms with Gasteiger partial charge in [-0.2, -0.15) is 0 Å². The van der Waals surface area contributed by atoms with E-state index >= 15 is 0 Å². The molecule has 0 unspecified atom stereocenters. The Morgan fingerprint density at radius 1 is 1.25 bits per heavy atom. The van der Waals surface area contributed by atoms with Crippen molar-refractivity contribution in [3.05, 3.63) is 0 Å². The highest BCUT2D eigenvalue weighted by molar-refractivity contribution is 5.95. The van der Waals surface area contributed by atoms with E-state index in [-0.39, 0.29) is 17.7 Å². The minimum absolute atomic E-state index is 0.169. The van der Waals surface area contributed by atoms with Crippen molar-refractivity contribution in [2.24, 2.45) is 11.7 Å². The quantitative estimate of drug-likeness (QED) is 0.453. The molecule has 8 heteroatoms. The SMILES string of the molecule is CCC[C@H](NC(=O)[C@@H]1CCC(=O)N1)C(=O)N[C@@H](CC(C)C)C(N)=O. The van der Waals surface area contributed by atoms with Crippen LogP contribution in [0.3, 0.4) is 0 Å². The van der Waals surface area contributed by atoms with Gasteiger partial charge in [0.05, 0.1) is 0 Å². The number of nitrogens with two attached hydrogens (primary N) is 1. The van der Waals surface area contributed by atoms with Crippen LogP contribution in [0.4, 0.5) is 0 Å². The summed E-state index contributed by atoms with van der Waals surface area (Å²) in [5.41, 5.74) is 5.33. The van der Waals surface area contributed by atoms with Gasteiger partial charge < -0.3 is 21.7 Å². The van der Waals surface area contributed by atoms with Crippen molar-refractivity contribution in [2.75, 3.05) is 0 Å². The molecule has 0 spiro atoms. The molecule has 1 saturated heterocycles. The first-order valence-electron chi connectivity index (χ1n) is 8.44. The molecule has 0 bridgehead atoms. The monoisotopic (exact) mass is 340 g/mol. The van der Waals surface area contributed by atoms with E-state index in [4.69, 9.17) is 5.73 Å². The number of hydrogen-bond acceptors (Lipinski definition) is 4. The van der Waals surface area contributed by atoms with Gasteiger partial charge in [-0.3, -0.25) is 19.2 Å². The van der Waals surface area contributed by atoms with Gasteiger partial charge in [-0.05, 0) is 25.2 Å². The molecule has 24 heavy (non-hydrogen) atoms. The summed E-state index contributed by atoms with van der Waals surface area (Å²) in [6.07, 6.45) is 2.28. The van der Waals surface area contributed by atoms with Gasteiger partial charge >= 0.3 is 0 Å². The molecule has 136 valence electrons. The molecule has 0 saturated carbocycles. The number of hydrogen-bond donors (Lipinski definition) is 4. The highest BCUT2D eigenvalue weighted by atomic mass is 16.2. The van der Waals surface area contributed by atoms with Crippen molar-refractivity contribution in [2.45, 2.75) is 71.0 Å².